The Balaban J connectivity index is 1.08. The van der Waals surface area contributed by atoms with Gasteiger partial charge >= 0.3 is 0 Å². The van der Waals surface area contributed by atoms with Crippen molar-refractivity contribution in [2.75, 3.05) is 16.5 Å². The van der Waals surface area contributed by atoms with Crippen LogP contribution in [0.4, 0.5) is 11.4 Å². The minimum Gasteiger partial charge on any atom is -0.457 e. The Labute approximate surface area is 380 Å². The van der Waals surface area contributed by atoms with E-state index in [1.165, 1.54) is 5.56 Å². The number of ether oxygens (including phenoxy) is 1. The first kappa shape index (κ1) is 28.8. The third kappa shape index (κ3) is 6.48. The Morgan fingerprint density at radius 1 is 0.597 bits per heavy atom. The Kier molecular flexibility index (Phi) is 6.75. The summed E-state index contributed by atoms with van der Waals surface area (Å²) in [6.45, 7) is 13.4. The standard InChI is InChI=1S/C57H54N4O/c1-56(2,3)41-28-29-58-52(33-41)61-50-23-14-13-20-48(50)49-27-26-44(35-51(49)61)62-45-32-42(57(4,5)6)31-43(34-45)59-36-60(54-40-25-24-39(30-40)53(54)59)55-46(37-16-9-7-10-17-37)21-15-22-47(55)38-18-11-8-12-19-38/h7-29,31-35,39-40,53-54H,30,36H2,1-6H3/t39-,40?,53+,54?/m1/s1/i7D,8D,9D,10D,11D,12D,16D,17D,18D,19D. The summed E-state index contributed by atoms with van der Waals surface area (Å²) >= 11 is 0. The van der Waals surface area contributed by atoms with E-state index < -0.39 is 60.4 Å². The topological polar surface area (TPSA) is 33.5 Å². The molecule has 3 aliphatic rings. The molecule has 3 heterocycles. The average molecular weight is 821 g/mol. The maximum atomic E-state index is 9.17. The quantitative estimate of drug-likeness (QED) is 0.150. The lowest BCUT2D eigenvalue weighted by molar-refractivity contribution is 0.478. The predicted molar refractivity (Wildman–Crippen MR) is 258 cm³/mol. The van der Waals surface area contributed by atoms with E-state index in [0.29, 0.717) is 28.3 Å². The number of pyridine rings is 1. The zero-order chi connectivity index (χ0) is 51.0. The molecular weight excluding hydrogens is 757 g/mol. The van der Waals surface area contributed by atoms with Crippen LogP contribution in [0.1, 0.15) is 72.8 Å². The molecule has 1 aliphatic heterocycles. The van der Waals surface area contributed by atoms with Crippen molar-refractivity contribution in [3.63, 3.8) is 0 Å². The lowest BCUT2D eigenvalue weighted by Gasteiger charge is -2.33. The van der Waals surface area contributed by atoms with Gasteiger partial charge in [-0.25, -0.2) is 4.98 Å². The highest BCUT2D eigenvalue weighted by Gasteiger charge is 2.55. The van der Waals surface area contributed by atoms with Crippen molar-refractivity contribution in [2.45, 2.75) is 70.9 Å². The molecule has 6 aromatic carbocycles. The summed E-state index contributed by atoms with van der Waals surface area (Å²) in [5.41, 5.74) is 5.72. The fourth-order valence-electron chi connectivity index (χ4n) is 10.1. The predicted octanol–water partition coefficient (Wildman–Crippen LogP) is 14.1. The normalized spacial score (nSPS) is 21.8. The van der Waals surface area contributed by atoms with Gasteiger partial charge in [-0.1, -0.05) is 151 Å². The average Bonchev–Trinajstić information content (AvgIpc) is 4.15. The second-order valence-corrected chi connectivity index (χ2v) is 19.0. The molecule has 11 rings (SSSR count). The van der Waals surface area contributed by atoms with Crippen molar-refractivity contribution in [3.05, 3.63) is 181 Å². The largest absolute Gasteiger partial charge is 0.457 e. The minimum atomic E-state index is -0.523. The molecule has 2 fully saturated rings. The third-order valence-electron chi connectivity index (χ3n) is 13.1. The fraction of sp³-hybridized carbons (Fsp3) is 0.246. The van der Waals surface area contributed by atoms with Crippen molar-refractivity contribution in [2.24, 2.45) is 11.8 Å². The summed E-state index contributed by atoms with van der Waals surface area (Å²) in [5.74, 6) is 2.30. The monoisotopic (exact) mass is 820 g/mol. The Hall–Kier alpha value is -6.59. The molecule has 0 N–H and O–H groups in total. The van der Waals surface area contributed by atoms with E-state index in [4.69, 9.17) is 23.4 Å². The van der Waals surface area contributed by atoms with Gasteiger partial charge in [-0.3, -0.25) is 4.57 Å². The number of benzene rings is 6. The molecule has 5 nitrogen and oxygen atoms in total. The van der Waals surface area contributed by atoms with Gasteiger partial charge in [0.05, 0.1) is 49.2 Å². The van der Waals surface area contributed by atoms with Gasteiger partial charge in [0, 0.05) is 45.9 Å². The van der Waals surface area contributed by atoms with Crippen molar-refractivity contribution in [3.8, 4) is 39.6 Å². The summed E-state index contributed by atoms with van der Waals surface area (Å²) in [7, 11) is 0. The SMILES string of the molecule is [2H]c1c([2H])c([2H])c(-c2cccc(-c3c([2H])c([2H])c([2H])c([2H])c3[2H])c2N2CN(c3cc(Oc4ccc5c6ccccc6n(-c6cc(C(C)(C)C)ccn6)c5c4)cc(C(C)(C)C)c3)[C@@H]3C2C2C=C[C@@H]3C2)c([2H])c1[2H]. The van der Waals surface area contributed by atoms with Gasteiger partial charge in [0.2, 0.25) is 0 Å². The first-order chi connectivity index (χ1) is 34.1. The van der Waals surface area contributed by atoms with E-state index in [1.54, 1.807) is 18.2 Å². The molecule has 308 valence electrons. The number of nitrogens with zero attached hydrogens (tertiary/aromatic N) is 4. The number of fused-ring (bicyclic) bond motifs is 8. The van der Waals surface area contributed by atoms with Crippen LogP contribution in [0.15, 0.2) is 170 Å². The lowest BCUT2D eigenvalue weighted by Crippen LogP contribution is -2.40. The molecule has 2 unspecified atom stereocenters. The minimum absolute atomic E-state index is 0.0296. The number of hydrogen-bond donors (Lipinski definition) is 0. The van der Waals surface area contributed by atoms with E-state index in [1.807, 2.05) is 18.3 Å². The molecule has 4 atom stereocenters. The van der Waals surface area contributed by atoms with Gasteiger partial charge in [0.1, 0.15) is 17.3 Å². The van der Waals surface area contributed by atoms with Crippen LogP contribution in [0.25, 0.3) is 49.9 Å². The maximum absolute atomic E-state index is 9.17. The van der Waals surface area contributed by atoms with Crippen LogP contribution in [0.2, 0.25) is 0 Å². The number of rotatable bonds is 7. The van der Waals surface area contributed by atoms with Crippen molar-refractivity contribution in [1.82, 2.24) is 9.55 Å². The second kappa shape index (κ2) is 14.5. The van der Waals surface area contributed by atoms with Crippen molar-refractivity contribution in [1.29, 1.82) is 0 Å². The number of aromatic nitrogens is 2. The Morgan fingerprint density at radius 2 is 1.24 bits per heavy atom. The fourth-order valence-corrected chi connectivity index (χ4v) is 10.1. The van der Waals surface area contributed by atoms with E-state index in [0.717, 1.165) is 45.3 Å². The molecule has 5 heteroatoms. The first-order valence-corrected chi connectivity index (χ1v) is 21.5. The molecular formula is C57H54N4O. The molecule has 2 aliphatic carbocycles. The zero-order valence-electron chi connectivity index (χ0n) is 45.8. The molecule has 62 heavy (non-hydrogen) atoms. The molecule has 8 aromatic rings. The van der Waals surface area contributed by atoms with Gasteiger partial charge in [0.15, 0.2) is 0 Å². The van der Waals surface area contributed by atoms with Crippen LogP contribution in [-0.2, 0) is 10.8 Å². The van der Waals surface area contributed by atoms with Gasteiger partial charge < -0.3 is 14.5 Å². The smallest absolute Gasteiger partial charge is 0.137 e. The summed E-state index contributed by atoms with van der Waals surface area (Å²) < 4.78 is 97.5. The first-order valence-electron chi connectivity index (χ1n) is 26.5. The molecule has 0 radical (unpaired) electrons. The third-order valence-corrected chi connectivity index (χ3v) is 13.1. The summed E-state index contributed by atoms with van der Waals surface area (Å²) in [4.78, 5) is 9.43. The van der Waals surface area contributed by atoms with Crippen molar-refractivity contribution >= 4 is 33.2 Å². The zero-order valence-corrected chi connectivity index (χ0v) is 35.8. The molecule has 0 amide bonds. The van der Waals surface area contributed by atoms with Gasteiger partial charge in [-0.05, 0) is 93.8 Å². The van der Waals surface area contributed by atoms with Crippen LogP contribution in [0.5, 0.6) is 11.5 Å². The van der Waals surface area contributed by atoms with E-state index >= 15 is 0 Å². The lowest BCUT2D eigenvalue weighted by atomic mass is 9.86. The second-order valence-electron chi connectivity index (χ2n) is 19.0. The van der Waals surface area contributed by atoms with Crippen LogP contribution in [0.3, 0.4) is 0 Å². The van der Waals surface area contributed by atoms with Crippen LogP contribution in [0, 0.1) is 11.8 Å². The number of anilines is 2. The summed E-state index contributed by atoms with van der Waals surface area (Å²) in [6, 6.07) is 25.3. The number of para-hydroxylation sites is 2. The van der Waals surface area contributed by atoms with E-state index in [9.17, 15) is 0 Å². The van der Waals surface area contributed by atoms with Gasteiger partial charge in [0.25, 0.3) is 0 Å². The summed E-state index contributed by atoms with van der Waals surface area (Å²) in [6.07, 6.45) is 7.22. The van der Waals surface area contributed by atoms with E-state index in [-0.39, 0.29) is 52.5 Å². The highest BCUT2D eigenvalue weighted by atomic mass is 16.5. The molecule has 1 saturated heterocycles. The summed E-state index contributed by atoms with van der Waals surface area (Å²) in [5, 5.41) is 2.18. The Bertz CT molecular complexity index is 3470. The van der Waals surface area contributed by atoms with E-state index in [2.05, 4.69) is 129 Å². The maximum Gasteiger partial charge on any atom is 0.137 e. The van der Waals surface area contributed by atoms with Crippen LogP contribution >= 0.6 is 0 Å². The molecule has 0 spiro atoms. The van der Waals surface area contributed by atoms with Gasteiger partial charge in [-0.2, -0.15) is 0 Å². The van der Waals surface area contributed by atoms with Crippen LogP contribution in [-0.4, -0.2) is 28.3 Å². The molecule has 2 aromatic heterocycles. The highest BCUT2D eigenvalue weighted by Crippen LogP contribution is 2.54. The molecule has 2 bridgehead atoms. The number of hydrogen-bond acceptors (Lipinski definition) is 4. The molecule has 1 saturated carbocycles. The Morgan fingerprint density at radius 3 is 1.92 bits per heavy atom. The van der Waals surface area contributed by atoms with Crippen LogP contribution < -0.4 is 14.5 Å². The van der Waals surface area contributed by atoms with Crippen molar-refractivity contribution < 1.29 is 18.4 Å². The highest BCUT2D eigenvalue weighted by molar-refractivity contribution is 6.09. The van der Waals surface area contributed by atoms with Gasteiger partial charge in [-0.15, -0.1) is 0 Å².